The molecule has 1 radical (unpaired) electrons. The summed E-state index contributed by atoms with van der Waals surface area (Å²) in [6, 6.07) is 6.78. The Bertz CT molecular complexity index is 881. The minimum absolute atomic E-state index is 0. The Morgan fingerprint density at radius 1 is 0.818 bits per heavy atom. The minimum atomic E-state index is -4.50. The molecule has 0 spiro atoms. The van der Waals surface area contributed by atoms with E-state index in [-0.39, 0.29) is 28.5 Å². The van der Waals surface area contributed by atoms with E-state index >= 15 is 0 Å². The van der Waals surface area contributed by atoms with E-state index in [2.05, 4.69) is 33.0 Å². The molecule has 2 N–H and O–H groups in total. The van der Waals surface area contributed by atoms with Crippen LogP contribution in [0.4, 0.5) is 32.0 Å². The van der Waals surface area contributed by atoms with E-state index in [0.717, 1.165) is 5.69 Å². The van der Waals surface area contributed by atoms with Crippen molar-refractivity contribution >= 4 is 52.7 Å². The first-order chi connectivity index (χ1) is 14.7. The average molecular weight is 563 g/mol. The van der Waals surface area contributed by atoms with Gasteiger partial charge < -0.3 is 40.8 Å². The fourth-order valence-corrected chi connectivity index (χ4v) is 2.17. The molecule has 16 heteroatoms. The van der Waals surface area contributed by atoms with Crippen LogP contribution < -0.4 is 15.5 Å². The van der Waals surface area contributed by atoms with Crippen molar-refractivity contribution in [1.82, 2.24) is 10.6 Å². The van der Waals surface area contributed by atoms with E-state index in [4.69, 9.17) is 12.6 Å². The second-order valence-electron chi connectivity index (χ2n) is 6.32. The number of benzene rings is 1. The van der Waals surface area contributed by atoms with E-state index in [1.165, 1.54) is 6.92 Å². The number of hydrogen-bond acceptors (Lipinski definition) is 7. The Morgan fingerprint density at radius 3 is 1.64 bits per heavy atom. The molecule has 0 unspecified atom stereocenters. The fraction of sp³-hybridized carbons (Fsp3) is 0.412. The van der Waals surface area contributed by atoms with Crippen molar-refractivity contribution in [1.29, 1.82) is 0 Å². The maximum atomic E-state index is 12.3. The van der Waals surface area contributed by atoms with Crippen LogP contribution in [0, 0.1) is 0 Å². The van der Waals surface area contributed by atoms with Crippen molar-refractivity contribution in [3.8, 4) is 0 Å². The summed E-state index contributed by atoms with van der Waals surface area (Å²) in [6.07, 6.45) is -8.99. The molecular weight excluding hydrogens is 544 g/mol. The molecule has 1 aromatic carbocycles. The smallest absolute Gasteiger partial charge is 0.741 e. The van der Waals surface area contributed by atoms with Gasteiger partial charge in [-0.3, -0.25) is 0 Å². The Labute approximate surface area is 208 Å². The van der Waals surface area contributed by atoms with Gasteiger partial charge >= 0.3 is 29.4 Å². The van der Waals surface area contributed by atoms with Gasteiger partial charge in [0.2, 0.25) is 0 Å². The number of halogens is 6. The maximum Gasteiger partial charge on any atom is 2.00 e. The number of hydrogen-bond donors (Lipinski definition) is 2. The quantitative estimate of drug-likeness (QED) is 0.133. The normalized spacial score (nSPS) is 14.0. The van der Waals surface area contributed by atoms with E-state index < -0.39 is 35.8 Å². The SMILES string of the molecule is CC(=N\N=C(/[S-])NCC(F)(F)F)/C(=N/N=C(\[S-])NCC(F)(F)F)c1ccc(N(C)C)cc1.[Cu+2]. The van der Waals surface area contributed by atoms with Crippen molar-refractivity contribution in [2.75, 3.05) is 32.1 Å². The molecule has 0 aliphatic carbocycles. The summed E-state index contributed by atoms with van der Waals surface area (Å²) < 4.78 is 73.6. The molecule has 0 saturated carbocycles. The third kappa shape index (κ3) is 13.2. The van der Waals surface area contributed by atoms with E-state index in [1.54, 1.807) is 24.3 Å². The van der Waals surface area contributed by atoms with Crippen LogP contribution in [0.5, 0.6) is 0 Å². The van der Waals surface area contributed by atoms with Crippen molar-refractivity contribution in [2.45, 2.75) is 19.3 Å². The van der Waals surface area contributed by atoms with Crippen LogP contribution in [0.2, 0.25) is 0 Å². The molecule has 7 nitrogen and oxygen atoms in total. The largest absolute Gasteiger partial charge is 2.00 e. The van der Waals surface area contributed by atoms with Crippen molar-refractivity contribution < 1.29 is 43.4 Å². The first kappa shape index (κ1) is 30.8. The predicted molar refractivity (Wildman–Crippen MR) is 118 cm³/mol. The predicted octanol–water partition coefficient (Wildman–Crippen LogP) is 2.94. The summed E-state index contributed by atoms with van der Waals surface area (Å²) in [5.41, 5.74) is 1.47. The van der Waals surface area contributed by atoms with Gasteiger partial charge in [0.15, 0.2) is 0 Å². The fourth-order valence-electron chi connectivity index (χ4n) is 1.94. The molecule has 187 valence electrons. The third-order valence-corrected chi connectivity index (χ3v) is 3.86. The average Bonchev–Trinajstić information content (AvgIpc) is 2.68. The summed E-state index contributed by atoms with van der Waals surface area (Å²) in [4.78, 5) is 1.84. The number of anilines is 1. The first-order valence-electron chi connectivity index (χ1n) is 8.69. The molecule has 0 aromatic heterocycles. The van der Waals surface area contributed by atoms with Crippen molar-refractivity contribution in [3.63, 3.8) is 0 Å². The van der Waals surface area contributed by atoms with Gasteiger partial charge in [0, 0.05) is 25.3 Å². The zero-order chi connectivity index (χ0) is 24.5. The van der Waals surface area contributed by atoms with Crippen LogP contribution >= 0.6 is 0 Å². The molecule has 1 rings (SSSR count). The summed E-state index contributed by atoms with van der Waals surface area (Å²) >= 11 is 9.39. The molecule has 0 atom stereocenters. The van der Waals surface area contributed by atoms with Gasteiger partial charge in [-0.2, -0.15) is 41.6 Å². The molecule has 1 aromatic rings. The van der Waals surface area contributed by atoms with Gasteiger partial charge in [0.1, 0.15) is 18.8 Å². The number of alkyl halides is 6. The zero-order valence-corrected chi connectivity index (χ0v) is 19.9. The van der Waals surface area contributed by atoms with Gasteiger partial charge in [-0.25, -0.2) is 0 Å². The van der Waals surface area contributed by atoms with E-state index in [9.17, 15) is 26.3 Å². The standard InChI is InChI=1S/C17H21F6N7S2.Cu/c1-10(26-28-14(31)24-8-16(18,19)20)13(11-4-6-12(7-5-11)30(2)3)27-29-15(32)25-9-17(21,22)23;/h4-7H,8-9H2,1-3H3,(H2,24,28,31)(H2,25,29,32);/q;+2/p-2/b26-10+,27-13-;. The van der Waals surface area contributed by atoms with E-state index in [0.29, 0.717) is 5.56 Å². The molecule has 0 saturated heterocycles. The first-order valence-corrected chi connectivity index (χ1v) is 9.51. The Balaban J connectivity index is 0.0000102. The second-order valence-corrected chi connectivity index (χ2v) is 7.10. The third-order valence-electron chi connectivity index (χ3n) is 3.41. The van der Waals surface area contributed by atoms with Gasteiger partial charge in [-0.1, -0.05) is 12.1 Å². The summed E-state index contributed by atoms with van der Waals surface area (Å²) in [5.74, 6) is 0. The van der Waals surface area contributed by atoms with Gasteiger partial charge in [-0.05, 0) is 29.4 Å². The van der Waals surface area contributed by atoms with Gasteiger partial charge in [-0.15, -0.1) is 5.10 Å². The van der Waals surface area contributed by atoms with Crippen molar-refractivity contribution in [2.24, 2.45) is 20.4 Å². The topological polar surface area (TPSA) is 76.7 Å². The summed E-state index contributed by atoms with van der Waals surface area (Å²) in [5, 5.41) is 17.4. The van der Waals surface area contributed by atoms with Crippen LogP contribution in [0.15, 0.2) is 44.7 Å². The minimum Gasteiger partial charge on any atom is -0.741 e. The van der Waals surface area contributed by atoms with Crippen LogP contribution in [-0.4, -0.2) is 61.3 Å². The maximum absolute atomic E-state index is 12.3. The Morgan fingerprint density at radius 2 is 1.24 bits per heavy atom. The molecule has 0 bridgehead atoms. The zero-order valence-electron chi connectivity index (χ0n) is 17.3. The van der Waals surface area contributed by atoms with Crippen LogP contribution in [0.1, 0.15) is 12.5 Å². The summed E-state index contributed by atoms with van der Waals surface area (Å²) in [7, 11) is 3.65. The monoisotopic (exact) mass is 562 g/mol. The summed E-state index contributed by atoms with van der Waals surface area (Å²) in [6.45, 7) is -1.35. The number of rotatable bonds is 7. The molecule has 0 heterocycles. The van der Waals surface area contributed by atoms with Gasteiger partial charge in [0.05, 0.1) is 5.71 Å². The van der Waals surface area contributed by atoms with Crippen LogP contribution in [-0.2, 0) is 42.3 Å². The number of amidine groups is 2. The van der Waals surface area contributed by atoms with Crippen LogP contribution in [0.25, 0.3) is 0 Å². The Hall–Kier alpha value is -2.16. The molecule has 0 aliphatic rings. The number of nitrogens with one attached hydrogen (secondary N) is 2. The second kappa shape index (κ2) is 13.5. The van der Waals surface area contributed by atoms with Gasteiger partial charge in [0.25, 0.3) is 0 Å². The molecule has 0 fully saturated rings. The van der Waals surface area contributed by atoms with E-state index in [1.807, 2.05) is 29.6 Å². The van der Waals surface area contributed by atoms with Crippen molar-refractivity contribution in [3.05, 3.63) is 29.8 Å². The number of nitrogens with zero attached hydrogens (tertiary/aromatic N) is 5. The van der Waals surface area contributed by atoms with Crippen LogP contribution in [0.3, 0.4) is 0 Å². The Kier molecular flexibility index (Phi) is 12.6. The molecular formula is C17H19CuF6N7S2. The molecule has 0 amide bonds. The molecule has 0 aliphatic heterocycles. The molecule has 33 heavy (non-hydrogen) atoms.